The predicted molar refractivity (Wildman–Crippen MR) is 69.6 cm³/mol. The maximum absolute atomic E-state index is 11.6. The lowest BCUT2D eigenvalue weighted by Gasteiger charge is -2.12. The van der Waals surface area contributed by atoms with Gasteiger partial charge in [0.2, 0.25) is 5.91 Å². The monoisotopic (exact) mass is 316 g/mol. The molecule has 98 valence electrons. The van der Waals surface area contributed by atoms with Gasteiger partial charge in [0.25, 0.3) is 0 Å². The number of anilines is 1. The molecule has 0 spiro atoms. The number of halogens is 1. The Kier molecular flexibility index (Phi) is 5.26. The van der Waals surface area contributed by atoms with E-state index in [2.05, 4.69) is 21.2 Å². The molecule has 1 unspecified atom stereocenters. The van der Waals surface area contributed by atoms with Crippen LogP contribution in [0.3, 0.4) is 0 Å². The first-order valence-corrected chi connectivity index (χ1v) is 5.83. The molecule has 0 saturated carbocycles. The smallest absolute Gasteiger partial charge is 0.335 e. The van der Waals surface area contributed by atoms with Crippen molar-refractivity contribution in [3.8, 4) is 0 Å². The van der Waals surface area contributed by atoms with Crippen LogP contribution in [0.4, 0.5) is 5.69 Å². The molecule has 0 heterocycles. The number of hydrogen-bond acceptors (Lipinski definition) is 4. The second-order valence-electron chi connectivity index (χ2n) is 3.55. The zero-order chi connectivity index (χ0) is 13.7. The van der Waals surface area contributed by atoms with Crippen LogP contribution in [-0.4, -0.2) is 36.7 Å². The van der Waals surface area contributed by atoms with Crippen LogP contribution in [0.1, 0.15) is 10.4 Å². The zero-order valence-electron chi connectivity index (χ0n) is 9.64. The summed E-state index contributed by atoms with van der Waals surface area (Å²) in [6.07, 6.45) is 0. The summed E-state index contributed by atoms with van der Waals surface area (Å²) in [7, 11) is 1.45. The maximum Gasteiger partial charge on any atom is 0.335 e. The van der Waals surface area contributed by atoms with Crippen molar-refractivity contribution in [3.05, 3.63) is 28.2 Å². The first-order chi connectivity index (χ1) is 8.45. The van der Waals surface area contributed by atoms with E-state index in [0.717, 1.165) is 0 Å². The average molecular weight is 317 g/mol. The normalized spacial score (nSPS) is 11.9. The Labute approximate surface area is 112 Å². The molecule has 1 aromatic rings. The molecule has 0 radical (unpaired) electrons. The molecule has 0 bridgehead atoms. The lowest BCUT2D eigenvalue weighted by Crippen LogP contribution is -2.39. The van der Waals surface area contributed by atoms with Gasteiger partial charge < -0.3 is 20.9 Å². The van der Waals surface area contributed by atoms with E-state index in [1.54, 1.807) is 0 Å². The van der Waals surface area contributed by atoms with Gasteiger partial charge in [0.1, 0.15) is 6.04 Å². The third kappa shape index (κ3) is 3.80. The quantitative estimate of drug-likeness (QED) is 0.754. The second-order valence-corrected chi connectivity index (χ2v) is 4.41. The SMILES string of the molecule is COCC(N)C(=O)Nc1ccc(C(=O)O)cc1Br. The largest absolute Gasteiger partial charge is 0.478 e. The van der Waals surface area contributed by atoms with Gasteiger partial charge in [-0.15, -0.1) is 0 Å². The lowest BCUT2D eigenvalue weighted by molar-refractivity contribution is -0.118. The molecule has 1 atom stereocenters. The molecule has 0 saturated heterocycles. The number of benzene rings is 1. The van der Waals surface area contributed by atoms with Gasteiger partial charge in [-0.25, -0.2) is 4.79 Å². The van der Waals surface area contributed by atoms with Crippen molar-refractivity contribution < 1.29 is 19.4 Å². The van der Waals surface area contributed by atoms with Gasteiger partial charge >= 0.3 is 5.97 Å². The Hall–Kier alpha value is -1.44. The molecule has 7 heteroatoms. The van der Waals surface area contributed by atoms with E-state index in [-0.39, 0.29) is 12.2 Å². The van der Waals surface area contributed by atoms with Crippen molar-refractivity contribution in [2.75, 3.05) is 19.0 Å². The van der Waals surface area contributed by atoms with Crippen LogP contribution in [0, 0.1) is 0 Å². The Morgan fingerprint density at radius 2 is 2.22 bits per heavy atom. The molecule has 1 aromatic carbocycles. The minimum Gasteiger partial charge on any atom is -0.478 e. The number of carbonyl (C=O) groups is 2. The topological polar surface area (TPSA) is 102 Å². The molecular formula is C11H13BrN2O4. The molecule has 0 aliphatic heterocycles. The van der Waals surface area contributed by atoms with E-state index in [9.17, 15) is 9.59 Å². The fourth-order valence-corrected chi connectivity index (χ4v) is 1.71. The van der Waals surface area contributed by atoms with Crippen LogP contribution >= 0.6 is 15.9 Å². The van der Waals surface area contributed by atoms with Crippen molar-refractivity contribution in [2.24, 2.45) is 5.73 Å². The van der Waals surface area contributed by atoms with E-state index >= 15 is 0 Å². The van der Waals surface area contributed by atoms with E-state index < -0.39 is 17.9 Å². The van der Waals surface area contributed by atoms with Crippen LogP contribution in [0.2, 0.25) is 0 Å². The Morgan fingerprint density at radius 3 is 2.72 bits per heavy atom. The minimum atomic E-state index is -1.04. The van der Waals surface area contributed by atoms with Crippen molar-refractivity contribution in [3.63, 3.8) is 0 Å². The number of carboxylic acid groups (broad SMARTS) is 1. The van der Waals surface area contributed by atoms with Crippen molar-refractivity contribution in [1.82, 2.24) is 0 Å². The standard InChI is InChI=1S/C11H13BrN2O4/c1-18-5-8(13)10(15)14-9-3-2-6(11(16)17)4-7(9)12/h2-4,8H,5,13H2,1H3,(H,14,15)(H,16,17). The van der Waals surface area contributed by atoms with E-state index in [1.807, 2.05) is 0 Å². The second kappa shape index (κ2) is 6.48. The highest BCUT2D eigenvalue weighted by Gasteiger charge is 2.15. The summed E-state index contributed by atoms with van der Waals surface area (Å²) >= 11 is 3.18. The first-order valence-electron chi connectivity index (χ1n) is 5.04. The molecule has 6 nitrogen and oxygen atoms in total. The maximum atomic E-state index is 11.6. The highest BCUT2D eigenvalue weighted by molar-refractivity contribution is 9.10. The summed E-state index contributed by atoms with van der Waals surface area (Å²) in [5, 5.41) is 11.4. The Balaban J connectivity index is 2.79. The van der Waals surface area contributed by atoms with Crippen molar-refractivity contribution >= 4 is 33.5 Å². The van der Waals surface area contributed by atoms with Gasteiger partial charge in [0, 0.05) is 11.6 Å². The molecule has 1 amide bonds. The van der Waals surface area contributed by atoms with Crippen LogP contribution in [0.5, 0.6) is 0 Å². The molecule has 0 aromatic heterocycles. The first kappa shape index (κ1) is 14.6. The van der Waals surface area contributed by atoms with Gasteiger partial charge in [0.15, 0.2) is 0 Å². The average Bonchev–Trinajstić information content (AvgIpc) is 2.31. The van der Waals surface area contributed by atoms with Gasteiger partial charge in [0.05, 0.1) is 17.9 Å². The third-order valence-electron chi connectivity index (χ3n) is 2.16. The number of methoxy groups -OCH3 is 1. The number of carbonyl (C=O) groups excluding carboxylic acids is 1. The molecule has 0 fully saturated rings. The number of ether oxygens (including phenoxy) is 1. The van der Waals surface area contributed by atoms with Crippen molar-refractivity contribution in [1.29, 1.82) is 0 Å². The molecule has 4 N–H and O–H groups in total. The molecule has 0 aliphatic carbocycles. The third-order valence-corrected chi connectivity index (χ3v) is 2.81. The minimum absolute atomic E-state index is 0.108. The van der Waals surface area contributed by atoms with Gasteiger partial charge in [-0.3, -0.25) is 4.79 Å². The molecule has 18 heavy (non-hydrogen) atoms. The summed E-state index contributed by atoms with van der Waals surface area (Å²) in [4.78, 5) is 22.4. The van der Waals surface area contributed by atoms with Gasteiger partial charge in [-0.2, -0.15) is 0 Å². The summed E-state index contributed by atoms with van der Waals surface area (Å²) in [6.45, 7) is 0.108. The molecule has 0 aliphatic rings. The van der Waals surface area contributed by atoms with Crippen LogP contribution in [0.25, 0.3) is 0 Å². The predicted octanol–water partition coefficient (Wildman–Crippen LogP) is 1.06. The van der Waals surface area contributed by atoms with Gasteiger partial charge in [-0.1, -0.05) is 0 Å². The van der Waals surface area contributed by atoms with Gasteiger partial charge in [-0.05, 0) is 34.1 Å². The number of rotatable bonds is 5. The molecular weight excluding hydrogens is 304 g/mol. The number of hydrogen-bond donors (Lipinski definition) is 3. The fourth-order valence-electron chi connectivity index (χ4n) is 1.23. The lowest BCUT2D eigenvalue weighted by atomic mass is 10.2. The highest BCUT2D eigenvalue weighted by Crippen LogP contribution is 2.23. The number of nitrogens with two attached hydrogens (primary N) is 1. The number of amides is 1. The summed E-state index contributed by atoms with van der Waals surface area (Å²) in [6, 6.07) is 3.51. The number of carboxylic acids is 1. The van der Waals surface area contributed by atoms with E-state index in [0.29, 0.717) is 10.2 Å². The van der Waals surface area contributed by atoms with Crippen LogP contribution in [-0.2, 0) is 9.53 Å². The van der Waals surface area contributed by atoms with Crippen LogP contribution in [0.15, 0.2) is 22.7 Å². The number of aromatic carboxylic acids is 1. The molecule has 1 rings (SSSR count). The number of nitrogens with one attached hydrogen (secondary N) is 1. The van der Waals surface area contributed by atoms with E-state index in [1.165, 1.54) is 25.3 Å². The summed E-state index contributed by atoms with van der Waals surface area (Å²) in [5.74, 6) is -1.44. The summed E-state index contributed by atoms with van der Waals surface area (Å²) in [5.41, 5.74) is 6.14. The van der Waals surface area contributed by atoms with E-state index in [4.69, 9.17) is 15.6 Å². The summed E-state index contributed by atoms with van der Waals surface area (Å²) < 4.78 is 5.24. The van der Waals surface area contributed by atoms with Crippen molar-refractivity contribution in [2.45, 2.75) is 6.04 Å². The zero-order valence-corrected chi connectivity index (χ0v) is 11.2. The van der Waals surface area contributed by atoms with Crippen LogP contribution < -0.4 is 11.1 Å². The Morgan fingerprint density at radius 1 is 1.56 bits per heavy atom. The highest BCUT2D eigenvalue weighted by atomic mass is 79.9. The Bertz CT molecular complexity index is 464. The fraction of sp³-hybridized carbons (Fsp3) is 0.273.